The van der Waals surface area contributed by atoms with E-state index in [-0.39, 0.29) is 12.1 Å². The summed E-state index contributed by atoms with van der Waals surface area (Å²) in [6, 6.07) is 0.263. The summed E-state index contributed by atoms with van der Waals surface area (Å²) < 4.78 is 1.57. The zero-order valence-corrected chi connectivity index (χ0v) is 10.9. The van der Waals surface area contributed by atoms with E-state index < -0.39 is 11.8 Å². The summed E-state index contributed by atoms with van der Waals surface area (Å²) in [5.74, 6) is -1.06. The van der Waals surface area contributed by atoms with Gasteiger partial charge in [-0.1, -0.05) is 0 Å². The first-order chi connectivity index (χ1) is 8.49. The summed E-state index contributed by atoms with van der Waals surface area (Å²) in [6.45, 7) is 3.94. The van der Waals surface area contributed by atoms with Crippen molar-refractivity contribution in [2.24, 2.45) is 7.05 Å². The first kappa shape index (κ1) is 12.6. The largest absolute Gasteiger partial charge is 0.329 e. The molecule has 1 N–H and O–H groups in total. The maximum atomic E-state index is 12.1. The Morgan fingerprint density at radius 1 is 1.33 bits per heavy atom. The van der Waals surface area contributed by atoms with Crippen LogP contribution in [0, 0.1) is 0 Å². The lowest BCUT2D eigenvalue weighted by molar-refractivity contribution is -0.144. The minimum Gasteiger partial charge on any atom is -0.329 e. The van der Waals surface area contributed by atoms with Crippen molar-refractivity contribution in [2.45, 2.75) is 38.8 Å². The summed E-state index contributed by atoms with van der Waals surface area (Å²) in [4.78, 5) is 25.6. The Labute approximate surface area is 106 Å². The highest BCUT2D eigenvalue weighted by molar-refractivity contribution is 6.39. The fourth-order valence-corrected chi connectivity index (χ4v) is 2.38. The van der Waals surface area contributed by atoms with Crippen LogP contribution in [0.5, 0.6) is 0 Å². The summed E-state index contributed by atoms with van der Waals surface area (Å²) in [7, 11) is 1.75. The molecule has 1 aliphatic rings. The van der Waals surface area contributed by atoms with Gasteiger partial charge in [0.1, 0.15) is 0 Å². The second kappa shape index (κ2) is 4.80. The van der Waals surface area contributed by atoms with Crippen LogP contribution in [0.15, 0.2) is 12.4 Å². The van der Waals surface area contributed by atoms with Gasteiger partial charge in [0, 0.05) is 25.3 Å². The number of aryl methyl sites for hydroxylation is 1. The third kappa shape index (κ3) is 2.37. The first-order valence-electron chi connectivity index (χ1n) is 6.11. The minimum absolute atomic E-state index is 0.132. The van der Waals surface area contributed by atoms with Crippen molar-refractivity contribution in [1.29, 1.82) is 0 Å². The van der Waals surface area contributed by atoms with E-state index in [1.54, 1.807) is 22.8 Å². The number of carbonyl (C=O) groups excluding carboxylic acids is 2. The Bertz CT molecular complexity index is 458. The molecule has 18 heavy (non-hydrogen) atoms. The molecule has 0 aromatic carbocycles. The molecule has 2 atom stereocenters. The predicted molar refractivity (Wildman–Crippen MR) is 66.8 cm³/mol. The number of hydrogen-bond donors (Lipinski definition) is 1. The zero-order chi connectivity index (χ0) is 13.3. The van der Waals surface area contributed by atoms with Crippen LogP contribution in [0.25, 0.3) is 0 Å². The maximum Gasteiger partial charge on any atom is 0.314 e. The number of nitrogens with zero attached hydrogens (tertiary/aromatic N) is 3. The third-order valence-electron chi connectivity index (χ3n) is 3.34. The molecule has 0 spiro atoms. The van der Waals surface area contributed by atoms with Crippen LogP contribution < -0.4 is 5.32 Å². The smallest absolute Gasteiger partial charge is 0.314 e. The normalized spacial score (nSPS) is 23.2. The predicted octanol–water partition coefficient (Wildman–Crippen LogP) is 0.758. The van der Waals surface area contributed by atoms with Crippen molar-refractivity contribution >= 4 is 17.5 Å². The topological polar surface area (TPSA) is 67.2 Å². The highest BCUT2D eigenvalue weighted by Gasteiger charge is 2.34. The van der Waals surface area contributed by atoms with E-state index in [4.69, 9.17) is 0 Å². The van der Waals surface area contributed by atoms with Gasteiger partial charge in [0.05, 0.1) is 11.9 Å². The number of anilines is 1. The molecule has 0 aliphatic carbocycles. The molecule has 0 bridgehead atoms. The molecule has 6 heteroatoms. The number of amides is 2. The molecule has 0 radical (unpaired) electrons. The van der Waals surface area contributed by atoms with Gasteiger partial charge < -0.3 is 10.2 Å². The molecule has 2 amide bonds. The molecule has 1 fully saturated rings. The Morgan fingerprint density at radius 3 is 2.44 bits per heavy atom. The molecule has 1 aliphatic heterocycles. The van der Waals surface area contributed by atoms with Crippen molar-refractivity contribution in [2.75, 3.05) is 5.32 Å². The molecule has 2 unspecified atom stereocenters. The lowest BCUT2D eigenvalue weighted by Crippen LogP contribution is -2.44. The molecule has 1 saturated heterocycles. The van der Waals surface area contributed by atoms with E-state index in [9.17, 15) is 9.59 Å². The van der Waals surface area contributed by atoms with Crippen LogP contribution in [0.4, 0.5) is 5.69 Å². The van der Waals surface area contributed by atoms with Crippen LogP contribution in [0.1, 0.15) is 26.7 Å². The van der Waals surface area contributed by atoms with Crippen molar-refractivity contribution < 1.29 is 9.59 Å². The fraction of sp³-hybridized carbons (Fsp3) is 0.583. The van der Waals surface area contributed by atoms with Gasteiger partial charge in [0.2, 0.25) is 0 Å². The number of hydrogen-bond acceptors (Lipinski definition) is 3. The number of nitrogens with one attached hydrogen (secondary N) is 1. The van der Waals surface area contributed by atoms with Gasteiger partial charge in [0.15, 0.2) is 0 Å². The second-order valence-electron chi connectivity index (χ2n) is 4.84. The van der Waals surface area contributed by atoms with Crippen molar-refractivity contribution in [1.82, 2.24) is 14.7 Å². The first-order valence-corrected chi connectivity index (χ1v) is 6.11. The van der Waals surface area contributed by atoms with E-state index in [0.29, 0.717) is 5.69 Å². The van der Waals surface area contributed by atoms with Crippen LogP contribution >= 0.6 is 0 Å². The van der Waals surface area contributed by atoms with Gasteiger partial charge in [-0.2, -0.15) is 5.10 Å². The summed E-state index contributed by atoms with van der Waals surface area (Å²) in [5.41, 5.74) is 0.537. The van der Waals surface area contributed by atoms with E-state index in [1.165, 1.54) is 6.20 Å². The quantitative estimate of drug-likeness (QED) is 0.748. The fourth-order valence-electron chi connectivity index (χ4n) is 2.38. The van der Waals surface area contributed by atoms with E-state index in [2.05, 4.69) is 10.4 Å². The molecular weight excluding hydrogens is 232 g/mol. The Morgan fingerprint density at radius 2 is 1.94 bits per heavy atom. The summed E-state index contributed by atoms with van der Waals surface area (Å²) in [6.07, 6.45) is 5.07. The van der Waals surface area contributed by atoms with Crippen LogP contribution in [-0.2, 0) is 16.6 Å². The Balaban J connectivity index is 2.03. The molecule has 2 rings (SSSR count). The lowest BCUT2D eigenvalue weighted by atomic mass is 10.2. The highest BCUT2D eigenvalue weighted by Crippen LogP contribution is 2.23. The van der Waals surface area contributed by atoms with Crippen LogP contribution in [0.2, 0.25) is 0 Å². The zero-order valence-electron chi connectivity index (χ0n) is 10.9. The van der Waals surface area contributed by atoms with Gasteiger partial charge in [-0.25, -0.2) is 0 Å². The average Bonchev–Trinajstić information content (AvgIpc) is 2.85. The van der Waals surface area contributed by atoms with Gasteiger partial charge in [-0.3, -0.25) is 14.3 Å². The molecule has 1 aromatic rings. The highest BCUT2D eigenvalue weighted by atomic mass is 16.2. The lowest BCUT2D eigenvalue weighted by Gasteiger charge is -2.25. The van der Waals surface area contributed by atoms with Gasteiger partial charge >= 0.3 is 11.8 Å². The van der Waals surface area contributed by atoms with Crippen molar-refractivity contribution in [3.8, 4) is 0 Å². The van der Waals surface area contributed by atoms with Crippen LogP contribution in [-0.4, -0.2) is 38.6 Å². The standard InChI is InChI=1S/C12H18N4O2/c1-8-4-5-9(2)16(8)12(18)11(17)14-10-6-13-15(3)7-10/h6-9H,4-5H2,1-3H3,(H,14,17). The number of carbonyl (C=O) groups is 2. The Kier molecular flexibility index (Phi) is 3.36. The van der Waals surface area contributed by atoms with E-state index in [0.717, 1.165) is 12.8 Å². The average molecular weight is 250 g/mol. The van der Waals surface area contributed by atoms with Gasteiger partial charge in [0.25, 0.3) is 0 Å². The number of aromatic nitrogens is 2. The molecule has 0 saturated carbocycles. The SMILES string of the molecule is CC1CCC(C)N1C(=O)C(=O)Nc1cnn(C)c1. The molecule has 2 heterocycles. The molecule has 1 aromatic heterocycles. The monoisotopic (exact) mass is 250 g/mol. The minimum atomic E-state index is -0.594. The van der Waals surface area contributed by atoms with E-state index in [1.807, 2.05) is 13.8 Å². The second-order valence-corrected chi connectivity index (χ2v) is 4.84. The van der Waals surface area contributed by atoms with Crippen molar-refractivity contribution in [3.05, 3.63) is 12.4 Å². The Hall–Kier alpha value is -1.85. The molecular formula is C12H18N4O2. The number of likely N-dealkylation sites (tertiary alicyclic amines) is 1. The van der Waals surface area contributed by atoms with Gasteiger partial charge in [-0.15, -0.1) is 0 Å². The molecule has 98 valence electrons. The summed E-state index contributed by atoms with van der Waals surface area (Å²) >= 11 is 0. The molecule has 6 nitrogen and oxygen atoms in total. The van der Waals surface area contributed by atoms with Gasteiger partial charge in [-0.05, 0) is 26.7 Å². The summed E-state index contributed by atoms with van der Waals surface area (Å²) in [5, 5.41) is 6.50. The van der Waals surface area contributed by atoms with Crippen LogP contribution in [0.3, 0.4) is 0 Å². The maximum absolute atomic E-state index is 12.1. The third-order valence-corrected chi connectivity index (χ3v) is 3.34. The van der Waals surface area contributed by atoms with E-state index >= 15 is 0 Å². The van der Waals surface area contributed by atoms with Crippen molar-refractivity contribution in [3.63, 3.8) is 0 Å². The number of rotatable bonds is 1.